The molecule has 1 fully saturated rings. The molecule has 2 atom stereocenters. The lowest BCUT2D eigenvalue weighted by atomic mass is 10.1. The lowest BCUT2D eigenvalue weighted by molar-refractivity contribution is 0.0902. The number of benzene rings is 1. The molecule has 2 rings (SSSR count). The number of nitrogen functional groups attached to an aromatic ring is 1. The molecule has 5 nitrogen and oxygen atoms in total. The van der Waals surface area contributed by atoms with Crippen LogP contribution in [0.3, 0.4) is 0 Å². The number of hydrogen-bond acceptors (Lipinski definition) is 4. The summed E-state index contributed by atoms with van der Waals surface area (Å²) in [6.07, 6.45) is 1.80. The van der Waals surface area contributed by atoms with E-state index < -0.39 is 10.0 Å². The third-order valence-corrected chi connectivity index (χ3v) is 5.50. The highest BCUT2D eigenvalue weighted by molar-refractivity contribution is 7.89. The largest absolute Gasteiger partial charge is 0.397 e. The van der Waals surface area contributed by atoms with Gasteiger partial charge in [-0.25, -0.2) is 13.1 Å². The van der Waals surface area contributed by atoms with Crippen LogP contribution in [0.4, 0.5) is 5.69 Å². The molecular formula is C14H22N2O3S. The summed E-state index contributed by atoms with van der Waals surface area (Å²) in [7, 11) is -3.64. The average Bonchev–Trinajstić information content (AvgIpc) is 2.87. The maximum absolute atomic E-state index is 12.5. The van der Waals surface area contributed by atoms with Crippen LogP contribution in [0.2, 0.25) is 0 Å². The summed E-state index contributed by atoms with van der Waals surface area (Å²) in [5.41, 5.74) is 7.68. The Hall–Kier alpha value is -1.11. The van der Waals surface area contributed by atoms with Crippen LogP contribution >= 0.6 is 0 Å². The fourth-order valence-corrected chi connectivity index (χ4v) is 4.24. The number of hydrogen-bond donors (Lipinski definition) is 2. The molecule has 2 unspecified atom stereocenters. The Labute approximate surface area is 120 Å². The minimum Gasteiger partial charge on any atom is -0.397 e. The van der Waals surface area contributed by atoms with Gasteiger partial charge in [-0.2, -0.15) is 0 Å². The maximum atomic E-state index is 12.5. The van der Waals surface area contributed by atoms with Crippen LogP contribution in [0.1, 0.15) is 30.9 Å². The number of nitrogens with two attached hydrogens (primary N) is 1. The summed E-state index contributed by atoms with van der Waals surface area (Å²) in [6, 6.07) is 3.34. The standard InChI is InChI=1S/C14H22N2O3S/c1-9-6-7-10(2)14(13(9)15)20(17,18)16-11(3)12-5-4-8-19-12/h6-7,11-12,16H,4-5,8,15H2,1-3H3. The van der Waals surface area contributed by atoms with Gasteiger partial charge in [-0.05, 0) is 44.7 Å². The summed E-state index contributed by atoms with van der Waals surface area (Å²) < 4.78 is 33.3. The fraction of sp³-hybridized carbons (Fsp3) is 0.571. The fourth-order valence-electron chi connectivity index (χ4n) is 2.54. The van der Waals surface area contributed by atoms with Crippen molar-refractivity contribution < 1.29 is 13.2 Å². The van der Waals surface area contributed by atoms with E-state index in [-0.39, 0.29) is 17.0 Å². The molecule has 0 bridgehead atoms. The highest BCUT2D eigenvalue weighted by atomic mass is 32.2. The molecule has 1 aliphatic rings. The predicted octanol–water partition coefficient (Wildman–Crippen LogP) is 1.73. The van der Waals surface area contributed by atoms with Gasteiger partial charge in [-0.15, -0.1) is 0 Å². The highest BCUT2D eigenvalue weighted by Crippen LogP contribution is 2.26. The number of rotatable bonds is 4. The molecule has 0 aliphatic carbocycles. The smallest absolute Gasteiger partial charge is 0.243 e. The van der Waals surface area contributed by atoms with Crippen molar-refractivity contribution in [1.29, 1.82) is 0 Å². The third-order valence-electron chi connectivity index (χ3n) is 3.74. The van der Waals surface area contributed by atoms with Gasteiger partial charge in [0.2, 0.25) is 10.0 Å². The molecule has 20 heavy (non-hydrogen) atoms. The van der Waals surface area contributed by atoms with E-state index in [0.717, 1.165) is 18.4 Å². The van der Waals surface area contributed by atoms with Crippen LogP contribution in [0.25, 0.3) is 0 Å². The molecule has 1 heterocycles. The second-order valence-electron chi connectivity index (χ2n) is 5.40. The van der Waals surface area contributed by atoms with Gasteiger partial charge in [0.05, 0.1) is 11.8 Å². The van der Waals surface area contributed by atoms with E-state index in [0.29, 0.717) is 17.9 Å². The molecule has 1 aliphatic heterocycles. The van der Waals surface area contributed by atoms with Crippen LogP contribution in [0, 0.1) is 13.8 Å². The molecule has 1 aromatic rings. The SMILES string of the molecule is Cc1ccc(C)c(S(=O)(=O)NC(C)C2CCCO2)c1N. The van der Waals surface area contributed by atoms with Crippen LogP contribution in [0.5, 0.6) is 0 Å². The van der Waals surface area contributed by atoms with Gasteiger partial charge in [0, 0.05) is 12.6 Å². The number of nitrogens with one attached hydrogen (secondary N) is 1. The minimum absolute atomic E-state index is 0.0592. The van der Waals surface area contributed by atoms with E-state index in [1.807, 2.05) is 13.0 Å². The van der Waals surface area contributed by atoms with Crippen molar-refractivity contribution in [2.75, 3.05) is 12.3 Å². The van der Waals surface area contributed by atoms with Crippen molar-refractivity contribution >= 4 is 15.7 Å². The first-order valence-electron chi connectivity index (χ1n) is 6.82. The third kappa shape index (κ3) is 2.97. The Morgan fingerprint density at radius 1 is 1.35 bits per heavy atom. The normalized spacial score (nSPS) is 21.1. The van der Waals surface area contributed by atoms with Crippen LogP contribution < -0.4 is 10.5 Å². The Kier molecular flexibility index (Phi) is 4.36. The maximum Gasteiger partial charge on any atom is 0.243 e. The molecule has 3 N–H and O–H groups in total. The second-order valence-corrected chi connectivity index (χ2v) is 7.05. The van der Waals surface area contributed by atoms with Gasteiger partial charge in [0.1, 0.15) is 4.90 Å². The first kappa shape index (κ1) is 15.3. The van der Waals surface area contributed by atoms with Crippen molar-refractivity contribution in [2.24, 2.45) is 0 Å². The highest BCUT2D eigenvalue weighted by Gasteiger charge is 2.29. The van der Waals surface area contributed by atoms with E-state index in [2.05, 4.69) is 4.72 Å². The van der Waals surface area contributed by atoms with E-state index in [1.165, 1.54) is 0 Å². The lowest BCUT2D eigenvalue weighted by Gasteiger charge is -2.21. The van der Waals surface area contributed by atoms with Crippen molar-refractivity contribution in [3.63, 3.8) is 0 Å². The molecule has 0 aromatic heterocycles. The van der Waals surface area contributed by atoms with Crippen LogP contribution in [-0.2, 0) is 14.8 Å². The summed E-state index contributed by atoms with van der Waals surface area (Å²) in [6.45, 7) is 6.08. The quantitative estimate of drug-likeness (QED) is 0.830. The van der Waals surface area contributed by atoms with Gasteiger partial charge in [-0.3, -0.25) is 0 Å². The van der Waals surface area contributed by atoms with Crippen molar-refractivity contribution in [1.82, 2.24) is 4.72 Å². The molecule has 0 spiro atoms. The van der Waals surface area contributed by atoms with Gasteiger partial charge < -0.3 is 10.5 Å². The van der Waals surface area contributed by atoms with Gasteiger partial charge in [-0.1, -0.05) is 12.1 Å². The van der Waals surface area contributed by atoms with Crippen molar-refractivity contribution in [3.05, 3.63) is 23.3 Å². The van der Waals surface area contributed by atoms with E-state index >= 15 is 0 Å². The number of ether oxygens (including phenoxy) is 1. The topological polar surface area (TPSA) is 81.4 Å². The monoisotopic (exact) mass is 298 g/mol. The first-order chi connectivity index (χ1) is 9.33. The Balaban J connectivity index is 2.29. The summed E-state index contributed by atoms with van der Waals surface area (Å²) >= 11 is 0. The molecule has 6 heteroatoms. The summed E-state index contributed by atoms with van der Waals surface area (Å²) in [5, 5.41) is 0. The van der Waals surface area contributed by atoms with E-state index in [9.17, 15) is 8.42 Å². The Morgan fingerprint density at radius 3 is 2.60 bits per heavy atom. The van der Waals surface area contributed by atoms with Crippen molar-refractivity contribution in [3.8, 4) is 0 Å². The molecule has 1 aromatic carbocycles. The molecule has 0 saturated carbocycles. The summed E-state index contributed by atoms with van der Waals surface area (Å²) in [5.74, 6) is 0. The zero-order valence-electron chi connectivity index (χ0n) is 12.1. The minimum atomic E-state index is -3.64. The number of aryl methyl sites for hydroxylation is 2. The first-order valence-corrected chi connectivity index (χ1v) is 8.31. The van der Waals surface area contributed by atoms with Crippen LogP contribution in [-0.4, -0.2) is 27.2 Å². The van der Waals surface area contributed by atoms with Gasteiger partial charge in [0.25, 0.3) is 0 Å². The zero-order chi connectivity index (χ0) is 14.9. The number of sulfonamides is 1. The van der Waals surface area contributed by atoms with Crippen LogP contribution in [0.15, 0.2) is 17.0 Å². The van der Waals surface area contributed by atoms with E-state index in [4.69, 9.17) is 10.5 Å². The second kappa shape index (κ2) is 5.71. The number of anilines is 1. The average molecular weight is 298 g/mol. The lowest BCUT2D eigenvalue weighted by Crippen LogP contribution is -2.41. The molecule has 0 radical (unpaired) electrons. The van der Waals surface area contributed by atoms with Gasteiger partial charge >= 0.3 is 0 Å². The zero-order valence-corrected chi connectivity index (χ0v) is 13.0. The molecule has 0 amide bonds. The molecule has 1 saturated heterocycles. The predicted molar refractivity (Wildman–Crippen MR) is 79.1 cm³/mol. The van der Waals surface area contributed by atoms with Crippen molar-refractivity contribution in [2.45, 2.75) is 50.7 Å². The molecular weight excluding hydrogens is 276 g/mol. The summed E-state index contributed by atoms with van der Waals surface area (Å²) in [4.78, 5) is 0.183. The Bertz CT molecular complexity index is 593. The Morgan fingerprint density at radius 2 is 2.00 bits per heavy atom. The van der Waals surface area contributed by atoms with E-state index in [1.54, 1.807) is 19.9 Å². The van der Waals surface area contributed by atoms with Gasteiger partial charge in [0.15, 0.2) is 0 Å². The molecule has 112 valence electrons.